The summed E-state index contributed by atoms with van der Waals surface area (Å²) in [7, 11) is 1.78. The van der Waals surface area contributed by atoms with E-state index >= 15 is 0 Å². The molecule has 0 aliphatic carbocycles. The number of piperazine rings is 1. The molecule has 0 radical (unpaired) electrons. The Kier molecular flexibility index (Phi) is 3.09. The summed E-state index contributed by atoms with van der Waals surface area (Å²) in [5.74, 6) is 0.303. The van der Waals surface area contributed by atoms with E-state index in [2.05, 4.69) is 10.4 Å². The Morgan fingerprint density at radius 3 is 2.57 bits per heavy atom. The standard InChI is InChI=1S/C14H15N5O2/c1-18-12(15)6-11(17-18)9-2-4-10(5-3-9)19-8-13(20)16-7-14(19)21/h2-6H,7-8,15H2,1H3,(H,16,20). The van der Waals surface area contributed by atoms with Gasteiger partial charge in [0.2, 0.25) is 11.8 Å². The maximum atomic E-state index is 11.8. The molecular weight excluding hydrogens is 270 g/mol. The van der Waals surface area contributed by atoms with Crippen LogP contribution in [0.15, 0.2) is 30.3 Å². The lowest BCUT2D eigenvalue weighted by Gasteiger charge is -2.26. The van der Waals surface area contributed by atoms with Crippen LogP contribution in [0, 0.1) is 0 Å². The van der Waals surface area contributed by atoms with E-state index in [0.29, 0.717) is 11.5 Å². The van der Waals surface area contributed by atoms with Crippen LogP contribution in [0.1, 0.15) is 0 Å². The molecule has 108 valence electrons. The molecule has 1 aromatic heterocycles. The first-order valence-electron chi connectivity index (χ1n) is 6.51. The van der Waals surface area contributed by atoms with E-state index in [9.17, 15) is 9.59 Å². The van der Waals surface area contributed by atoms with Crippen molar-refractivity contribution in [3.63, 3.8) is 0 Å². The Morgan fingerprint density at radius 1 is 1.24 bits per heavy atom. The highest BCUT2D eigenvalue weighted by atomic mass is 16.2. The molecule has 0 spiro atoms. The van der Waals surface area contributed by atoms with Gasteiger partial charge in [-0.3, -0.25) is 14.3 Å². The minimum Gasteiger partial charge on any atom is -0.384 e. The summed E-state index contributed by atoms with van der Waals surface area (Å²) in [5.41, 5.74) is 8.13. The van der Waals surface area contributed by atoms with Gasteiger partial charge < -0.3 is 16.0 Å². The molecule has 1 fully saturated rings. The highest BCUT2D eigenvalue weighted by molar-refractivity contribution is 6.04. The second-order valence-electron chi connectivity index (χ2n) is 4.88. The van der Waals surface area contributed by atoms with Gasteiger partial charge in [-0.1, -0.05) is 12.1 Å². The molecule has 1 aromatic carbocycles. The molecule has 3 rings (SSSR count). The zero-order chi connectivity index (χ0) is 15.0. The molecule has 21 heavy (non-hydrogen) atoms. The fraction of sp³-hybridized carbons (Fsp3) is 0.214. The summed E-state index contributed by atoms with van der Waals surface area (Å²) in [5, 5.41) is 6.82. The minimum absolute atomic E-state index is 0.0390. The normalized spacial score (nSPS) is 15.2. The lowest BCUT2D eigenvalue weighted by atomic mass is 10.1. The van der Waals surface area contributed by atoms with Crippen LogP contribution in [-0.2, 0) is 16.6 Å². The van der Waals surface area contributed by atoms with E-state index in [0.717, 1.165) is 11.3 Å². The minimum atomic E-state index is -0.156. The average Bonchev–Trinajstić information content (AvgIpc) is 2.82. The summed E-state index contributed by atoms with van der Waals surface area (Å²) in [4.78, 5) is 24.7. The number of hydrogen-bond donors (Lipinski definition) is 2. The number of nitrogens with one attached hydrogen (secondary N) is 1. The van der Waals surface area contributed by atoms with Gasteiger partial charge in [-0.15, -0.1) is 0 Å². The number of aromatic nitrogens is 2. The molecule has 2 heterocycles. The fourth-order valence-corrected chi connectivity index (χ4v) is 2.23. The average molecular weight is 285 g/mol. The molecule has 7 nitrogen and oxygen atoms in total. The number of benzene rings is 1. The van der Waals surface area contributed by atoms with Gasteiger partial charge in [0.1, 0.15) is 12.4 Å². The third kappa shape index (κ3) is 2.45. The Morgan fingerprint density at radius 2 is 1.95 bits per heavy atom. The molecule has 1 aliphatic rings. The van der Waals surface area contributed by atoms with Crippen molar-refractivity contribution in [3.8, 4) is 11.3 Å². The van der Waals surface area contributed by atoms with E-state index < -0.39 is 0 Å². The molecular formula is C14H15N5O2. The van der Waals surface area contributed by atoms with E-state index in [1.165, 1.54) is 4.90 Å². The zero-order valence-corrected chi connectivity index (χ0v) is 11.5. The third-order valence-corrected chi connectivity index (χ3v) is 3.43. The lowest BCUT2D eigenvalue weighted by molar-refractivity contribution is -0.128. The number of carbonyl (C=O) groups excluding carboxylic acids is 2. The smallest absolute Gasteiger partial charge is 0.246 e. The molecule has 0 bridgehead atoms. The molecule has 1 saturated heterocycles. The Balaban J connectivity index is 1.86. The van der Waals surface area contributed by atoms with Crippen LogP contribution >= 0.6 is 0 Å². The van der Waals surface area contributed by atoms with Gasteiger partial charge in [0.15, 0.2) is 0 Å². The van der Waals surface area contributed by atoms with Gasteiger partial charge in [-0.2, -0.15) is 5.10 Å². The maximum absolute atomic E-state index is 11.8. The van der Waals surface area contributed by atoms with Gasteiger partial charge in [0.05, 0.1) is 12.2 Å². The zero-order valence-electron chi connectivity index (χ0n) is 11.5. The van der Waals surface area contributed by atoms with Crippen molar-refractivity contribution in [2.24, 2.45) is 7.05 Å². The van der Waals surface area contributed by atoms with Crippen LogP contribution in [0.5, 0.6) is 0 Å². The van der Waals surface area contributed by atoms with Gasteiger partial charge >= 0.3 is 0 Å². The van der Waals surface area contributed by atoms with E-state index in [1.807, 2.05) is 12.1 Å². The third-order valence-electron chi connectivity index (χ3n) is 3.43. The van der Waals surface area contributed by atoms with Crippen LogP contribution < -0.4 is 16.0 Å². The van der Waals surface area contributed by atoms with Crippen molar-refractivity contribution in [2.45, 2.75) is 0 Å². The van der Waals surface area contributed by atoms with E-state index in [-0.39, 0.29) is 24.9 Å². The molecule has 2 aromatic rings. The Bertz CT molecular complexity index is 685. The summed E-state index contributed by atoms with van der Waals surface area (Å²) in [6.07, 6.45) is 0. The van der Waals surface area contributed by atoms with Crippen molar-refractivity contribution in [3.05, 3.63) is 30.3 Å². The summed E-state index contributed by atoms with van der Waals surface area (Å²) in [6.45, 7) is 0.0894. The van der Waals surface area contributed by atoms with Crippen molar-refractivity contribution in [1.82, 2.24) is 15.1 Å². The maximum Gasteiger partial charge on any atom is 0.246 e. The van der Waals surface area contributed by atoms with Gasteiger partial charge in [-0.25, -0.2) is 0 Å². The molecule has 0 saturated carbocycles. The van der Waals surface area contributed by atoms with Crippen LogP contribution in [-0.4, -0.2) is 34.7 Å². The number of hydrogen-bond acceptors (Lipinski definition) is 4. The summed E-state index contributed by atoms with van der Waals surface area (Å²) >= 11 is 0. The predicted molar refractivity (Wildman–Crippen MR) is 78.4 cm³/mol. The quantitative estimate of drug-likeness (QED) is 0.820. The Labute approximate surface area is 121 Å². The van der Waals surface area contributed by atoms with Crippen LogP contribution in [0.3, 0.4) is 0 Å². The van der Waals surface area contributed by atoms with Gasteiger partial charge in [-0.05, 0) is 12.1 Å². The second kappa shape index (κ2) is 4.93. The van der Waals surface area contributed by atoms with Crippen molar-refractivity contribution in [1.29, 1.82) is 0 Å². The van der Waals surface area contributed by atoms with Crippen molar-refractivity contribution < 1.29 is 9.59 Å². The number of nitrogens with two attached hydrogens (primary N) is 1. The number of aryl methyl sites for hydroxylation is 1. The molecule has 2 amide bonds. The highest BCUT2D eigenvalue weighted by Crippen LogP contribution is 2.24. The fourth-order valence-electron chi connectivity index (χ4n) is 2.23. The van der Waals surface area contributed by atoms with Gasteiger partial charge in [0, 0.05) is 24.4 Å². The number of carbonyl (C=O) groups is 2. The van der Waals surface area contributed by atoms with Crippen molar-refractivity contribution >= 4 is 23.3 Å². The number of rotatable bonds is 2. The van der Waals surface area contributed by atoms with Crippen LogP contribution in [0.25, 0.3) is 11.3 Å². The number of nitrogen functional groups attached to an aromatic ring is 1. The number of anilines is 2. The molecule has 0 unspecified atom stereocenters. The van der Waals surface area contributed by atoms with Gasteiger partial charge in [0.25, 0.3) is 0 Å². The van der Waals surface area contributed by atoms with Crippen molar-refractivity contribution in [2.75, 3.05) is 23.7 Å². The Hall–Kier alpha value is -2.83. The first kappa shape index (κ1) is 13.2. The van der Waals surface area contributed by atoms with Crippen LogP contribution in [0.2, 0.25) is 0 Å². The number of nitrogens with zero attached hydrogens (tertiary/aromatic N) is 3. The molecule has 3 N–H and O–H groups in total. The molecule has 1 aliphatic heterocycles. The summed E-state index contributed by atoms with van der Waals surface area (Å²) in [6, 6.07) is 9.11. The predicted octanol–water partition coefficient (Wildman–Crippen LogP) is 0.132. The first-order valence-corrected chi connectivity index (χ1v) is 6.51. The molecule has 0 atom stereocenters. The highest BCUT2D eigenvalue weighted by Gasteiger charge is 2.24. The lowest BCUT2D eigenvalue weighted by Crippen LogP contribution is -2.51. The van der Waals surface area contributed by atoms with E-state index in [1.54, 1.807) is 29.9 Å². The van der Waals surface area contributed by atoms with Crippen LogP contribution in [0.4, 0.5) is 11.5 Å². The molecule has 7 heteroatoms. The second-order valence-corrected chi connectivity index (χ2v) is 4.88. The van der Waals surface area contributed by atoms with E-state index in [4.69, 9.17) is 5.73 Å². The number of amides is 2. The largest absolute Gasteiger partial charge is 0.384 e. The SMILES string of the molecule is Cn1nc(-c2ccc(N3CC(=O)NCC3=O)cc2)cc1N. The first-order chi connectivity index (χ1) is 10.0. The monoisotopic (exact) mass is 285 g/mol. The summed E-state index contributed by atoms with van der Waals surface area (Å²) < 4.78 is 1.60. The topological polar surface area (TPSA) is 93.2 Å².